The zero-order chi connectivity index (χ0) is 18.7. The molecule has 1 saturated carbocycles. The predicted octanol–water partition coefficient (Wildman–Crippen LogP) is 1.83. The van der Waals surface area contributed by atoms with E-state index in [0.29, 0.717) is 23.3 Å². The average molecular weight is 358 g/mol. The minimum absolute atomic E-state index is 0.0933. The summed E-state index contributed by atoms with van der Waals surface area (Å²) in [5.74, 6) is -0.0933. The largest absolute Gasteiger partial charge is 0.348 e. The molecule has 2 aromatic rings. The lowest BCUT2D eigenvalue weighted by Gasteiger charge is -2.39. The maximum Gasteiger partial charge on any atom is 0.257 e. The summed E-state index contributed by atoms with van der Waals surface area (Å²) < 4.78 is 1.71. The molecule has 1 fully saturated rings. The minimum Gasteiger partial charge on any atom is -0.348 e. The van der Waals surface area contributed by atoms with Gasteiger partial charge in [0.25, 0.3) is 5.91 Å². The second-order valence-corrected chi connectivity index (χ2v) is 7.34. The molecule has 1 amide bonds. The first-order valence-electron chi connectivity index (χ1n) is 9.63. The number of rotatable bonds is 8. The summed E-state index contributed by atoms with van der Waals surface area (Å²) in [5.41, 5.74) is 2.24. The van der Waals surface area contributed by atoms with Gasteiger partial charge in [-0.3, -0.25) is 9.69 Å². The van der Waals surface area contributed by atoms with Crippen LogP contribution in [0.25, 0.3) is 5.65 Å². The van der Waals surface area contributed by atoms with Crippen molar-refractivity contribution in [1.82, 2.24) is 30.1 Å². The summed E-state index contributed by atoms with van der Waals surface area (Å²) in [4.78, 5) is 19.5. The van der Waals surface area contributed by atoms with Crippen LogP contribution in [-0.4, -0.2) is 56.6 Å². The molecule has 0 saturated heterocycles. The van der Waals surface area contributed by atoms with Crippen LogP contribution in [0.5, 0.6) is 0 Å². The van der Waals surface area contributed by atoms with Gasteiger partial charge < -0.3 is 10.6 Å². The van der Waals surface area contributed by atoms with Crippen LogP contribution in [0, 0.1) is 0 Å². The molecular weight excluding hydrogens is 328 g/mol. The van der Waals surface area contributed by atoms with Gasteiger partial charge >= 0.3 is 0 Å². The molecule has 2 N–H and O–H groups in total. The van der Waals surface area contributed by atoms with Crippen molar-refractivity contribution in [2.45, 2.75) is 65.2 Å². The number of nitrogens with zero attached hydrogens (tertiary/aromatic N) is 4. The average Bonchev–Trinajstić information content (AvgIpc) is 3.04. The van der Waals surface area contributed by atoms with Gasteiger partial charge in [0.2, 0.25) is 0 Å². The lowest BCUT2D eigenvalue weighted by atomic mass is 9.85. The number of carbonyl (C=O) groups is 1. The minimum atomic E-state index is -0.0933. The van der Waals surface area contributed by atoms with E-state index in [1.54, 1.807) is 10.7 Å². The summed E-state index contributed by atoms with van der Waals surface area (Å²) in [6.07, 6.45) is 7.53. The molecule has 0 bridgehead atoms. The highest BCUT2D eigenvalue weighted by Gasteiger charge is 2.33. The van der Waals surface area contributed by atoms with Crippen LogP contribution in [-0.2, 0) is 6.54 Å². The third-order valence-corrected chi connectivity index (χ3v) is 5.09. The molecular formula is C19H30N6O. The smallest absolute Gasteiger partial charge is 0.257 e. The number of fused-ring (bicyclic) bond motifs is 1. The summed E-state index contributed by atoms with van der Waals surface area (Å²) in [6.45, 7) is 11.4. The summed E-state index contributed by atoms with van der Waals surface area (Å²) in [7, 11) is 0. The highest BCUT2D eigenvalue weighted by molar-refractivity contribution is 5.99. The van der Waals surface area contributed by atoms with Crippen molar-refractivity contribution in [2.75, 3.05) is 13.1 Å². The molecule has 2 heterocycles. The van der Waals surface area contributed by atoms with E-state index in [9.17, 15) is 4.79 Å². The predicted molar refractivity (Wildman–Crippen MR) is 102 cm³/mol. The fourth-order valence-electron chi connectivity index (χ4n) is 3.41. The molecule has 26 heavy (non-hydrogen) atoms. The van der Waals surface area contributed by atoms with E-state index in [1.165, 1.54) is 0 Å². The third-order valence-electron chi connectivity index (χ3n) is 5.09. The molecule has 3 rings (SSSR count). The van der Waals surface area contributed by atoms with Crippen molar-refractivity contribution in [3.05, 3.63) is 29.7 Å². The van der Waals surface area contributed by atoms with Crippen LogP contribution >= 0.6 is 0 Å². The molecule has 0 spiro atoms. The first kappa shape index (κ1) is 18.8. The molecule has 142 valence electrons. The van der Waals surface area contributed by atoms with Gasteiger partial charge in [-0.2, -0.15) is 5.10 Å². The van der Waals surface area contributed by atoms with Crippen LogP contribution < -0.4 is 10.6 Å². The van der Waals surface area contributed by atoms with Crippen LogP contribution in [0.15, 0.2) is 18.6 Å². The summed E-state index contributed by atoms with van der Waals surface area (Å²) in [6, 6.07) is 0.957. The SMILES string of the molecule is CCN(CC)Cc1cnc2c(C(=O)NC3CCC3NC(C)C)cnn2c1. The van der Waals surface area contributed by atoms with Gasteiger partial charge in [0.05, 0.1) is 6.20 Å². The second kappa shape index (κ2) is 8.14. The van der Waals surface area contributed by atoms with Gasteiger partial charge in [0.1, 0.15) is 5.56 Å². The monoisotopic (exact) mass is 358 g/mol. The zero-order valence-corrected chi connectivity index (χ0v) is 16.2. The number of amides is 1. The number of nitrogens with one attached hydrogen (secondary N) is 2. The number of carbonyl (C=O) groups excluding carboxylic acids is 1. The quantitative estimate of drug-likeness (QED) is 0.753. The highest BCUT2D eigenvalue weighted by Crippen LogP contribution is 2.21. The van der Waals surface area contributed by atoms with Crippen LogP contribution in [0.3, 0.4) is 0 Å². The van der Waals surface area contributed by atoms with E-state index in [1.807, 2.05) is 12.4 Å². The molecule has 2 unspecified atom stereocenters. The van der Waals surface area contributed by atoms with Gasteiger partial charge in [-0.05, 0) is 25.9 Å². The van der Waals surface area contributed by atoms with Crippen molar-refractivity contribution in [3.63, 3.8) is 0 Å². The molecule has 1 aliphatic carbocycles. The molecule has 7 heteroatoms. The maximum absolute atomic E-state index is 12.7. The van der Waals surface area contributed by atoms with Crippen LogP contribution in [0.4, 0.5) is 0 Å². The van der Waals surface area contributed by atoms with Gasteiger partial charge in [-0.25, -0.2) is 9.50 Å². The first-order chi connectivity index (χ1) is 12.5. The molecule has 0 aliphatic heterocycles. The second-order valence-electron chi connectivity index (χ2n) is 7.34. The van der Waals surface area contributed by atoms with Crippen molar-refractivity contribution in [3.8, 4) is 0 Å². The Morgan fingerprint density at radius 1 is 1.27 bits per heavy atom. The van der Waals surface area contributed by atoms with Crippen molar-refractivity contribution < 1.29 is 4.79 Å². The first-order valence-corrected chi connectivity index (χ1v) is 9.63. The van der Waals surface area contributed by atoms with E-state index >= 15 is 0 Å². The fraction of sp³-hybridized carbons (Fsp3) is 0.632. The normalized spacial score (nSPS) is 19.9. The third kappa shape index (κ3) is 4.04. The molecule has 0 aromatic carbocycles. The Morgan fingerprint density at radius 2 is 2.00 bits per heavy atom. The Balaban J connectivity index is 1.69. The maximum atomic E-state index is 12.7. The molecule has 2 atom stereocenters. The van der Waals surface area contributed by atoms with E-state index in [0.717, 1.165) is 38.0 Å². The Bertz CT molecular complexity index is 752. The fourth-order valence-corrected chi connectivity index (χ4v) is 3.41. The van der Waals surface area contributed by atoms with Crippen molar-refractivity contribution in [1.29, 1.82) is 0 Å². The highest BCUT2D eigenvalue weighted by atomic mass is 16.1. The van der Waals surface area contributed by atoms with E-state index in [4.69, 9.17) is 0 Å². The zero-order valence-electron chi connectivity index (χ0n) is 16.2. The van der Waals surface area contributed by atoms with E-state index in [2.05, 4.69) is 53.3 Å². The van der Waals surface area contributed by atoms with Gasteiger partial charge in [-0.15, -0.1) is 0 Å². The molecule has 0 radical (unpaired) electrons. The number of aromatic nitrogens is 3. The van der Waals surface area contributed by atoms with Gasteiger partial charge in [0, 0.05) is 42.6 Å². The molecule has 2 aromatic heterocycles. The molecule has 1 aliphatic rings. The Hall–Kier alpha value is -1.99. The van der Waals surface area contributed by atoms with E-state index in [-0.39, 0.29) is 11.9 Å². The Kier molecular flexibility index (Phi) is 5.88. The Labute approximate surface area is 155 Å². The van der Waals surface area contributed by atoms with Crippen molar-refractivity contribution in [2.24, 2.45) is 0 Å². The van der Waals surface area contributed by atoms with Crippen LogP contribution in [0.2, 0.25) is 0 Å². The van der Waals surface area contributed by atoms with E-state index < -0.39 is 0 Å². The molecule has 7 nitrogen and oxygen atoms in total. The standard InChI is InChI=1S/C19H30N6O/c1-5-24(6-2)11-14-9-20-18-15(10-21-25(18)12-14)19(26)23-17-8-7-16(17)22-13(3)4/h9-10,12-13,16-17,22H,5-8,11H2,1-4H3,(H,23,26). The number of hydrogen-bond donors (Lipinski definition) is 2. The van der Waals surface area contributed by atoms with Crippen molar-refractivity contribution >= 4 is 11.6 Å². The van der Waals surface area contributed by atoms with Crippen LogP contribution in [0.1, 0.15) is 56.5 Å². The van der Waals surface area contributed by atoms with Gasteiger partial charge in [-0.1, -0.05) is 27.7 Å². The topological polar surface area (TPSA) is 74.6 Å². The summed E-state index contributed by atoms with van der Waals surface area (Å²) >= 11 is 0. The number of hydrogen-bond acceptors (Lipinski definition) is 5. The lowest BCUT2D eigenvalue weighted by Crippen LogP contribution is -2.58. The summed E-state index contributed by atoms with van der Waals surface area (Å²) in [5, 5.41) is 11.0. The lowest BCUT2D eigenvalue weighted by molar-refractivity contribution is 0.0892. The Morgan fingerprint density at radius 3 is 2.62 bits per heavy atom. The van der Waals surface area contributed by atoms with Gasteiger partial charge in [0.15, 0.2) is 5.65 Å².